The van der Waals surface area contributed by atoms with Crippen LogP contribution in [-0.4, -0.2) is 42.4 Å². The van der Waals surface area contributed by atoms with E-state index in [4.69, 9.17) is 4.99 Å². The molecule has 0 aromatic heterocycles. The Balaban J connectivity index is 0.00000312. The first-order valence-corrected chi connectivity index (χ1v) is 9.07. The third kappa shape index (κ3) is 6.84. The number of guanidine groups is 1. The smallest absolute Gasteiger partial charge is 0.251 e. The largest absolute Gasteiger partial charge is 0.357 e. The van der Waals surface area contributed by atoms with Gasteiger partial charge < -0.3 is 15.5 Å². The van der Waals surface area contributed by atoms with Crippen molar-refractivity contribution in [2.75, 3.05) is 19.6 Å². The van der Waals surface area contributed by atoms with Gasteiger partial charge in [0.2, 0.25) is 0 Å². The molecule has 1 aromatic rings. The molecule has 2 rings (SSSR count). The van der Waals surface area contributed by atoms with Crippen molar-refractivity contribution in [1.29, 1.82) is 0 Å². The van der Waals surface area contributed by atoms with Crippen LogP contribution in [0.4, 0.5) is 0 Å². The SMILES string of the molecule is CCNC(=NCc1ccc(C(=O)NC(C)CC)cc1)N1CCCC1.I. The summed E-state index contributed by atoms with van der Waals surface area (Å²) in [6.45, 7) is 9.85. The van der Waals surface area contributed by atoms with Gasteiger partial charge >= 0.3 is 0 Å². The molecule has 0 aliphatic carbocycles. The molecular formula is C19H31IN4O. The minimum Gasteiger partial charge on any atom is -0.357 e. The van der Waals surface area contributed by atoms with Gasteiger partial charge in [0, 0.05) is 31.2 Å². The summed E-state index contributed by atoms with van der Waals surface area (Å²) in [5.41, 5.74) is 1.82. The highest BCUT2D eigenvalue weighted by Gasteiger charge is 2.15. The van der Waals surface area contributed by atoms with Crippen molar-refractivity contribution >= 4 is 35.8 Å². The van der Waals surface area contributed by atoms with Gasteiger partial charge in [0.15, 0.2) is 5.96 Å². The number of likely N-dealkylation sites (tertiary alicyclic amines) is 1. The molecule has 0 saturated carbocycles. The lowest BCUT2D eigenvalue weighted by Gasteiger charge is -2.20. The molecule has 140 valence electrons. The quantitative estimate of drug-likeness (QED) is 0.391. The average molecular weight is 458 g/mol. The Labute approximate surface area is 168 Å². The summed E-state index contributed by atoms with van der Waals surface area (Å²) in [5, 5.41) is 6.35. The molecule has 1 unspecified atom stereocenters. The molecule has 1 aromatic carbocycles. The topological polar surface area (TPSA) is 56.7 Å². The summed E-state index contributed by atoms with van der Waals surface area (Å²) < 4.78 is 0. The summed E-state index contributed by atoms with van der Waals surface area (Å²) in [7, 11) is 0. The molecular weight excluding hydrogens is 427 g/mol. The van der Waals surface area contributed by atoms with Gasteiger partial charge in [-0.25, -0.2) is 4.99 Å². The summed E-state index contributed by atoms with van der Waals surface area (Å²) in [5.74, 6) is 0.985. The van der Waals surface area contributed by atoms with E-state index in [9.17, 15) is 4.79 Å². The molecule has 1 fully saturated rings. The number of nitrogens with zero attached hydrogens (tertiary/aromatic N) is 2. The lowest BCUT2D eigenvalue weighted by atomic mass is 10.1. The lowest BCUT2D eigenvalue weighted by Crippen LogP contribution is -2.39. The second kappa shape index (κ2) is 11.3. The van der Waals surface area contributed by atoms with Gasteiger partial charge in [-0.1, -0.05) is 19.1 Å². The number of hydrogen-bond donors (Lipinski definition) is 2. The molecule has 1 atom stereocenters. The van der Waals surface area contributed by atoms with Gasteiger partial charge in [0.05, 0.1) is 6.54 Å². The van der Waals surface area contributed by atoms with Gasteiger partial charge in [-0.15, -0.1) is 24.0 Å². The van der Waals surface area contributed by atoms with E-state index in [0.717, 1.165) is 37.6 Å². The molecule has 1 amide bonds. The summed E-state index contributed by atoms with van der Waals surface area (Å²) >= 11 is 0. The summed E-state index contributed by atoms with van der Waals surface area (Å²) in [6.07, 6.45) is 3.41. The maximum atomic E-state index is 12.1. The van der Waals surface area contributed by atoms with Gasteiger partial charge in [-0.3, -0.25) is 4.79 Å². The number of nitrogens with one attached hydrogen (secondary N) is 2. The van der Waals surface area contributed by atoms with E-state index < -0.39 is 0 Å². The highest BCUT2D eigenvalue weighted by molar-refractivity contribution is 14.0. The first kappa shape index (κ1) is 21.7. The fourth-order valence-electron chi connectivity index (χ4n) is 2.69. The minimum absolute atomic E-state index is 0. The van der Waals surface area contributed by atoms with Crippen molar-refractivity contribution in [3.8, 4) is 0 Å². The normalized spacial score (nSPS) is 15.5. The second-order valence-corrected chi connectivity index (χ2v) is 6.34. The zero-order valence-corrected chi connectivity index (χ0v) is 17.9. The zero-order chi connectivity index (χ0) is 17.4. The maximum absolute atomic E-state index is 12.1. The number of benzene rings is 1. The lowest BCUT2D eigenvalue weighted by molar-refractivity contribution is 0.0939. The van der Waals surface area contributed by atoms with Crippen LogP contribution in [0.1, 0.15) is 56.0 Å². The first-order valence-electron chi connectivity index (χ1n) is 9.07. The summed E-state index contributed by atoms with van der Waals surface area (Å²) in [6, 6.07) is 7.94. The average Bonchev–Trinajstić information content (AvgIpc) is 3.13. The fourth-order valence-corrected chi connectivity index (χ4v) is 2.69. The first-order chi connectivity index (χ1) is 11.6. The number of carbonyl (C=O) groups is 1. The Morgan fingerprint density at radius 1 is 1.20 bits per heavy atom. The van der Waals surface area contributed by atoms with Crippen LogP contribution in [0.5, 0.6) is 0 Å². The Morgan fingerprint density at radius 2 is 1.84 bits per heavy atom. The third-order valence-electron chi connectivity index (χ3n) is 4.36. The van der Waals surface area contributed by atoms with Crippen LogP contribution in [0.2, 0.25) is 0 Å². The fraction of sp³-hybridized carbons (Fsp3) is 0.579. The monoisotopic (exact) mass is 458 g/mol. The van der Waals surface area contributed by atoms with Gasteiger partial charge in [0.1, 0.15) is 0 Å². The van der Waals surface area contributed by atoms with Gasteiger partial charge in [-0.2, -0.15) is 0 Å². The van der Waals surface area contributed by atoms with E-state index in [2.05, 4.69) is 29.4 Å². The molecule has 0 radical (unpaired) electrons. The molecule has 25 heavy (non-hydrogen) atoms. The Bertz CT molecular complexity index is 553. The number of halogens is 1. The molecule has 1 aliphatic heterocycles. The van der Waals surface area contributed by atoms with Gasteiger partial charge in [0.25, 0.3) is 5.91 Å². The van der Waals surface area contributed by atoms with E-state index >= 15 is 0 Å². The minimum atomic E-state index is -0.00944. The molecule has 0 spiro atoms. The van der Waals surface area contributed by atoms with Crippen molar-refractivity contribution in [2.45, 2.75) is 52.6 Å². The predicted molar refractivity (Wildman–Crippen MR) is 115 cm³/mol. The molecule has 0 bridgehead atoms. The molecule has 1 heterocycles. The second-order valence-electron chi connectivity index (χ2n) is 6.34. The maximum Gasteiger partial charge on any atom is 0.251 e. The predicted octanol–water partition coefficient (Wildman–Crippen LogP) is 3.39. The Morgan fingerprint density at radius 3 is 2.40 bits per heavy atom. The molecule has 1 saturated heterocycles. The number of carbonyl (C=O) groups excluding carboxylic acids is 1. The van der Waals surface area contributed by atoms with Gasteiger partial charge in [-0.05, 0) is 50.8 Å². The number of rotatable bonds is 6. The van der Waals surface area contributed by atoms with Crippen LogP contribution in [0.25, 0.3) is 0 Å². The molecule has 2 N–H and O–H groups in total. The molecule has 5 nitrogen and oxygen atoms in total. The van der Waals surface area contributed by atoms with Crippen molar-refractivity contribution < 1.29 is 4.79 Å². The molecule has 1 aliphatic rings. The summed E-state index contributed by atoms with van der Waals surface area (Å²) in [4.78, 5) is 19.1. The van der Waals surface area contributed by atoms with E-state index in [-0.39, 0.29) is 35.9 Å². The van der Waals surface area contributed by atoms with Crippen molar-refractivity contribution in [3.63, 3.8) is 0 Å². The Kier molecular flexibility index (Phi) is 9.85. The number of amides is 1. The Hall–Kier alpha value is -1.31. The van der Waals surface area contributed by atoms with E-state index in [1.807, 2.05) is 31.2 Å². The van der Waals surface area contributed by atoms with Crippen LogP contribution in [-0.2, 0) is 6.54 Å². The third-order valence-corrected chi connectivity index (χ3v) is 4.36. The zero-order valence-electron chi connectivity index (χ0n) is 15.5. The highest BCUT2D eigenvalue weighted by Crippen LogP contribution is 2.10. The van der Waals surface area contributed by atoms with E-state index in [1.54, 1.807) is 0 Å². The van der Waals surface area contributed by atoms with Crippen LogP contribution in [0.3, 0.4) is 0 Å². The van der Waals surface area contributed by atoms with Crippen LogP contribution in [0, 0.1) is 0 Å². The van der Waals surface area contributed by atoms with Crippen LogP contribution < -0.4 is 10.6 Å². The van der Waals surface area contributed by atoms with Crippen molar-refractivity contribution in [1.82, 2.24) is 15.5 Å². The van der Waals surface area contributed by atoms with E-state index in [1.165, 1.54) is 12.8 Å². The highest BCUT2D eigenvalue weighted by atomic mass is 127. The van der Waals surface area contributed by atoms with E-state index in [0.29, 0.717) is 12.1 Å². The number of hydrogen-bond acceptors (Lipinski definition) is 2. The van der Waals surface area contributed by atoms with Crippen molar-refractivity contribution in [2.24, 2.45) is 4.99 Å². The standard InChI is InChI=1S/C19H30N4O.HI/c1-4-15(3)22-18(24)17-10-8-16(9-11-17)14-21-19(20-5-2)23-12-6-7-13-23;/h8-11,15H,4-7,12-14H2,1-3H3,(H,20,21)(H,22,24);1H. The van der Waals surface area contributed by atoms with Crippen molar-refractivity contribution in [3.05, 3.63) is 35.4 Å². The van der Waals surface area contributed by atoms with Crippen LogP contribution >= 0.6 is 24.0 Å². The number of aliphatic imine (C=N–C) groups is 1. The van der Waals surface area contributed by atoms with Crippen LogP contribution in [0.15, 0.2) is 29.3 Å². The molecule has 6 heteroatoms.